The number of carbonyl (C=O) groups is 5. The third-order valence-electron chi connectivity index (χ3n) is 27.7. The van der Waals surface area contributed by atoms with Crippen LogP contribution < -0.4 is 0 Å². The van der Waals surface area contributed by atoms with Crippen LogP contribution >= 0.6 is 0 Å². The minimum absolute atomic E-state index is 0.0267. The van der Waals surface area contributed by atoms with Gasteiger partial charge in [-0.25, -0.2) is 0 Å². The number of aryl methyl sites for hydroxylation is 1. The van der Waals surface area contributed by atoms with Crippen LogP contribution in [0.5, 0.6) is 0 Å². The van der Waals surface area contributed by atoms with Crippen molar-refractivity contribution in [1.29, 1.82) is 0 Å². The Hall–Kier alpha value is -9.87. The van der Waals surface area contributed by atoms with Crippen LogP contribution in [0, 0.1) is 0 Å². The van der Waals surface area contributed by atoms with Gasteiger partial charge in [0.25, 0.3) is 0 Å². The van der Waals surface area contributed by atoms with Gasteiger partial charge in [-0.15, -0.1) is 0 Å². The SMILES string of the molecule is CCCC[N+](CC)(CCC)CCOC(=O)C1CCc2ccccc21.CCCC[N+](CC)(CCC)CCOC(=O)C1c2ccccc2-c2ccccc21.CCC[N+](CC)(CCC)CCOC(=O)C1c2ccccc2-c2ccccc21.CC[N+](CC)(CC)CCOC(=O)C1c2ccccc2-c2ccccc21.C[N+](C)(C)CCOC(=O)C1c2ccccc2-c2ccccc21. The predicted molar refractivity (Wildman–Crippen MR) is 514 cm³/mol. The first-order valence-corrected chi connectivity index (χ1v) is 47.9. The van der Waals surface area contributed by atoms with E-state index < -0.39 is 0 Å². The zero-order chi connectivity index (χ0) is 90.3. The van der Waals surface area contributed by atoms with Crippen LogP contribution in [0.1, 0.15) is 226 Å². The van der Waals surface area contributed by atoms with E-state index in [0.29, 0.717) is 33.0 Å². The van der Waals surface area contributed by atoms with Gasteiger partial charge in [-0.3, -0.25) is 24.0 Å². The summed E-state index contributed by atoms with van der Waals surface area (Å²) in [5, 5.41) is 0. The van der Waals surface area contributed by atoms with Gasteiger partial charge in [0.05, 0.1) is 106 Å². The second-order valence-electron chi connectivity index (χ2n) is 36.3. The Kier molecular flexibility index (Phi) is 37.3. The first-order chi connectivity index (χ1) is 61.1. The number of nitrogens with zero attached hydrogens (tertiary/aromatic N) is 5. The third-order valence-corrected chi connectivity index (χ3v) is 27.7. The standard InChI is InChI=1S/C25H34NO2.C24H32NO2.C22H28NO2.C21H34NO2.C19H22NO2/c1-4-7-17-26(6-3,16-5-2)18-19-28-25(27)24-22-14-10-8-12-20(22)21-13-9-11-15-23(21)24;1-4-15-25(6-3,16-5-2)17-18-27-24(26)23-21-13-9-7-11-19(21)20-12-8-10-14-22(20)23;1-4-23(5-2,6-3)15-16-25-22(24)21-19-13-9-7-11-17(19)18-12-8-10-14-20(18)21;1-4-7-15-22(6-3,14-5-2)16-17-24-21(23)20-13-12-18-10-8-9-11-19(18)20;1-20(2,3)12-13-22-19(21)18-16-10-6-4-8-14(16)15-9-5-7-11-17(15)18/h8-15,24H,4-7,16-19H2,1-3H3;7-14,23H,4-6,15-18H2,1-3H3;7-14,21H,4-6,15-16H2,1-3H3;8-11,20H,4-7,12-17H2,1-3H3;4-11,18H,12-13H2,1-3H3/q5*+1. The van der Waals surface area contributed by atoms with Crippen molar-refractivity contribution in [3.8, 4) is 44.5 Å². The highest BCUT2D eigenvalue weighted by atomic mass is 16.5. The fourth-order valence-corrected chi connectivity index (χ4v) is 20.1. The Bertz CT molecular complexity index is 4790. The summed E-state index contributed by atoms with van der Waals surface area (Å²) in [6.45, 7) is 47.3. The minimum Gasteiger partial charge on any atom is -0.459 e. The molecule has 5 aliphatic rings. The van der Waals surface area contributed by atoms with E-state index >= 15 is 0 Å². The molecule has 0 heterocycles. The first kappa shape index (κ1) is 98.3. The van der Waals surface area contributed by atoms with Crippen molar-refractivity contribution >= 4 is 29.8 Å². The molecule has 9 aromatic rings. The van der Waals surface area contributed by atoms with Gasteiger partial charge >= 0.3 is 29.8 Å². The lowest BCUT2D eigenvalue weighted by molar-refractivity contribution is -0.927. The predicted octanol–water partition coefficient (Wildman–Crippen LogP) is 22.0. The summed E-state index contributed by atoms with van der Waals surface area (Å²) in [6, 6.07) is 73.6. The molecule has 9 aromatic carbocycles. The number of esters is 5. The quantitative estimate of drug-likeness (QED) is 0.0208. The van der Waals surface area contributed by atoms with Crippen LogP contribution in [-0.2, 0) is 54.1 Å². The number of unbranched alkanes of at least 4 members (excludes halogenated alkanes) is 2. The monoisotopic (exact) mass is 1710 g/mol. The smallest absolute Gasteiger partial charge is 0.318 e. The summed E-state index contributed by atoms with van der Waals surface area (Å²) >= 11 is 0. The number of fused-ring (bicyclic) bond motifs is 13. The number of benzene rings is 9. The normalized spacial score (nSPS) is 14.8. The van der Waals surface area contributed by atoms with Crippen molar-refractivity contribution in [3.05, 3.63) is 274 Å². The molecule has 0 saturated carbocycles. The van der Waals surface area contributed by atoms with Gasteiger partial charge in [-0.05, 0) is 193 Å². The number of hydrogen-bond acceptors (Lipinski definition) is 10. The molecule has 126 heavy (non-hydrogen) atoms. The average Bonchev–Trinajstić information content (AvgIpc) is 1.62. The zero-order valence-corrected chi connectivity index (χ0v) is 79.1. The number of carbonyl (C=O) groups excluding carboxylic acids is 5. The number of hydrogen-bond donors (Lipinski definition) is 0. The van der Waals surface area contributed by atoms with Crippen molar-refractivity contribution in [2.45, 2.75) is 177 Å². The highest BCUT2D eigenvalue weighted by Gasteiger charge is 2.41. The van der Waals surface area contributed by atoms with Crippen molar-refractivity contribution in [1.82, 2.24) is 0 Å². The molecule has 0 aromatic heterocycles. The molecule has 0 saturated heterocycles. The summed E-state index contributed by atoms with van der Waals surface area (Å²) in [6.07, 6.45) is 11.5. The maximum absolute atomic E-state index is 13.1. The minimum atomic E-state index is -0.294. The second-order valence-corrected chi connectivity index (χ2v) is 36.3. The largest absolute Gasteiger partial charge is 0.459 e. The Labute approximate surface area is 756 Å². The van der Waals surface area contributed by atoms with E-state index in [9.17, 15) is 24.0 Å². The topological polar surface area (TPSA) is 132 Å². The van der Waals surface area contributed by atoms with E-state index in [1.807, 2.05) is 127 Å². The fraction of sp³-hybridized carbons (Fsp3) is 0.468. The molecule has 0 bridgehead atoms. The molecule has 0 spiro atoms. The third kappa shape index (κ3) is 24.3. The van der Waals surface area contributed by atoms with Crippen molar-refractivity contribution in [2.75, 3.05) is 165 Å². The second kappa shape index (κ2) is 47.8. The van der Waals surface area contributed by atoms with Crippen molar-refractivity contribution in [2.24, 2.45) is 0 Å². The number of ether oxygens (including phenoxy) is 5. The maximum Gasteiger partial charge on any atom is 0.318 e. The van der Waals surface area contributed by atoms with Gasteiger partial charge in [-0.1, -0.05) is 273 Å². The Morgan fingerprint density at radius 1 is 0.246 bits per heavy atom. The van der Waals surface area contributed by atoms with E-state index in [1.165, 1.54) is 62.9 Å². The van der Waals surface area contributed by atoms with E-state index in [2.05, 4.69) is 195 Å². The van der Waals surface area contributed by atoms with Gasteiger partial charge in [0, 0.05) is 0 Å². The van der Waals surface area contributed by atoms with Crippen LogP contribution in [0.4, 0.5) is 0 Å². The van der Waals surface area contributed by atoms with Gasteiger partial charge in [-0.2, -0.15) is 0 Å². The van der Waals surface area contributed by atoms with Gasteiger partial charge in [0.2, 0.25) is 0 Å². The molecule has 0 aliphatic heterocycles. The first-order valence-electron chi connectivity index (χ1n) is 47.9. The van der Waals surface area contributed by atoms with Crippen LogP contribution in [0.15, 0.2) is 218 Å². The van der Waals surface area contributed by atoms with Crippen LogP contribution in [0.25, 0.3) is 44.5 Å². The van der Waals surface area contributed by atoms with E-state index in [1.54, 1.807) is 0 Å². The zero-order valence-electron chi connectivity index (χ0n) is 79.1. The fourth-order valence-electron chi connectivity index (χ4n) is 20.1. The van der Waals surface area contributed by atoms with Crippen molar-refractivity contribution in [3.63, 3.8) is 0 Å². The summed E-state index contributed by atoms with van der Waals surface area (Å²) in [4.78, 5) is 64.2. The highest BCUT2D eigenvalue weighted by molar-refractivity contribution is 5.97. The molecule has 0 N–H and O–H groups in total. The molecular weight excluding hydrogens is 1560 g/mol. The molecule has 15 nitrogen and oxygen atoms in total. The molecule has 14 rings (SSSR count). The highest BCUT2D eigenvalue weighted by Crippen LogP contribution is 2.49. The van der Waals surface area contributed by atoms with Gasteiger partial charge in [0.1, 0.15) is 89.4 Å². The summed E-state index contributed by atoms with van der Waals surface area (Å²) in [5.41, 5.74) is 20.3. The lowest BCUT2D eigenvalue weighted by Crippen LogP contribution is -2.51. The molecular formula is C111H150N5O10+5. The molecule has 0 fully saturated rings. The Balaban J connectivity index is 0.000000165. The van der Waals surface area contributed by atoms with Gasteiger partial charge < -0.3 is 46.1 Å². The molecule has 3 atom stereocenters. The molecule has 0 amide bonds. The lowest BCUT2D eigenvalue weighted by atomic mass is 9.97. The maximum atomic E-state index is 13.1. The van der Waals surface area contributed by atoms with Crippen LogP contribution in [-0.4, -0.2) is 218 Å². The van der Waals surface area contributed by atoms with Crippen LogP contribution in [0.2, 0.25) is 0 Å². The molecule has 3 unspecified atom stereocenters. The molecule has 0 radical (unpaired) electrons. The summed E-state index contributed by atoms with van der Waals surface area (Å²) in [5.74, 6) is -1.75. The molecule has 674 valence electrons. The molecule has 5 aliphatic carbocycles. The lowest BCUT2D eigenvalue weighted by Gasteiger charge is -2.37. The Morgan fingerprint density at radius 3 is 0.698 bits per heavy atom. The summed E-state index contributed by atoms with van der Waals surface area (Å²) < 4.78 is 33.7. The number of likely N-dealkylation sites (N-methyl/N-ethyl adjacent to an activating group) is 5. The molecule has 15 heteroatoms. The van der Waals surface area contributed by atoms with E-state index in [4.69, 9.17) is 23.7 Å². The number of rotatable bonds is 40. The summed E-state index contributed by atoms with van der Waals surface area (Å²) in [7, 11) is 6.27. The van der Waals surface area contributed by atoms with Crippen LogP contribution in [0.3, 0.4) is 0 Å². The van der Waals surface area contributed by atoms with E-state index in [0.717, 1.165) is 235 Å². The number of quaternary nitrogens is 5. The average molecular weight is 1710 g/mol. The van der Waals surface area contributed by atoms with Gasteiger partial charge in [0.15, 0.2) is 0 Å². The Morgan fingerprint density at radius 2 is 0.460 bits per heavy atom. The van der Waals surface area contributed by atoms with Crippen molar-refractivity contribution < 1.29 is 70.1 Å². The van der Waals surface area contributed by atoms with E-state index in [-0.39, 0.29) is 59.4 Å².